The van der Waals surface area contributed by atoms with Crippen LogP contribution < -0.4 is 14.2 Å². The summed E-state index contributed by atoms with van der Waals surface area (Å²) < 4.78 is 16.4. The summed E-state index contributed by atoms with van der Waals surface area (Å²) in [6.45, 7) is 5.21. The first-order chi connectivity index (χ1) is 8.65. The first kappa shape index (κ1) is 13.0. The highest BCUT2D eigenvalue weighted by atomic mass is 79.9. The fourth-order valence-electron chi connectivity index (χ4n) is 1.62. The number of benzene rings is 1. The molecule has 0 fully saturated rings. The summed E-state index contributed by atoms with van der Waals surface area (Å²) in [5.41, 5.74) is 0. The quantitative estimate of drug-likeness (QED) is 0.860. The molecule has 1 aliphatic rings. The Bertz CT molecular complexity index is 460. The lowest BCUT2D eigenvalue weighted by Crippen LogP contribution is -2.33. The Balaban J connectivity index is 2.17. The van der Waals surface area contributed by atoms with Crippen molar-refractivity contribution in [2.24, 2.45) is 0 Å². The number of hydrogen-bond donors (Lipinski definition) is 0. The number of fused-ring (bicyclic) bond motifs is 1. The van der Waals surface area contributed by atoms with E-state index in [0.29, 0.717) is 34.8 Å². The van der Waals surface area contributed by atoms with Crippen LogP contribution in [-0.4, -0.2) is 30.9 Å². The van der Waals surface area contributed by atoms with Crippen LogP contribution in [0.25, 0.3) is 0 Å². The van der Waals surface area contributed by atoms with Crippen molar-refractivity contribution in [1.82, 2.24) is 4.90 Å². The maximum Gasteiger partial charge on any atom is 0.415 e. The second-order valence-corrected chi connectivity index (χ2v) is 4.53. The molecule has 0 spiro atoms. The maximum atomic E-state index is 11.8. The Hall–Kier alpha value is -1.43. The molecular formula is C12H14BrNO4. The van der Waals surface area contributed by atoms with Crippen molar-refractivity contribution in [1.29, 1.82) is 0 Å². The number of ether oxygens (including phenoxy) is 3. The monoisotopic (exact) mass is 315 g/mol. The van der Waals surface area contributed by atoms with Crippen molar-refractivity contribution >= 4 is 22.0 Å². The Morgan fingerprint density at radius 3 is 2.56 bits per heavy atom. The van der Waals surface area contributed by atoms with Gasteiger partial charge in [0.05, 0.1) is 4.47 Å². The summed E-state index contributed by atoms with van der Waals surface area (Å²) in [7, 11) is 0. The van der Waals surface area contributed by atoms with Gasteiger partial charge in [0.2, 0.25) is 6.79 Å². The standard InChI is InChI=1S/C12H14BrNO4/c1-3-14(4-2)12(15)18-9-6-11-10(5-8(9)13)16-7-17-11/h5-6H,3-4,7H2,1-2H3. The molecule has 98 valence electrons. The van der Waals surface area contributed by atoms with Gasteiger partial charge in [-0.2, -0.15) is 0 Å². The maximum absolute atomic E-state index is 11.8. The van der Waals surface area contributed by atoms with Gasteiger partial charge in [0.15, 0.2) is 17.2 Å². The third-order valence-electron chi connectivity index (χ3n) is 2.65. The predicted octanol–water partition coefficient (Wildman–Crippen LogP) is 3.02. The van der Waals surface area contributed by atoms with E-state index < -0.39 is 0 Å². The molecule has 0 saturated carbocycles. The summed E-state index contributed by atoms with van der Waals surface area (Å²) >= 11 is 3.34. The largest absolute Gasteiger partial charge is 0.454 e. The third kappa shape index (κ3) is 2.53. The Morgan fingerprint density at radius 2 is 1.94 bits per heavy atom. The number of carbonyl (C=O) groups excluding carboxylic acids is 1. The van der Waals surface area contributed by atoms with Crippen LogP contribution >= 0.6 is 15.9 Å². The van der Waals surface area contributed by atoms with E-state index in [9.17, 15) is 4.79 Å². The average molecular weight is 316 g/mol. The van der Waals surface area contributed by atoms with Crippen molar-refractivity contribution in [3.05, 3.63) is 16.6 Å². The van der Waals surface area contributed by atoms with Crippen molar-refractivity contribution in [2.75, 3.05) is 19.9 Å². The molecule has 1 aliphatic heterocycles. The number of halogens is 1. The molecule has 0 radical (unpaired) electrons. The Kier molecular flexibility index (Phi) is 3.96. The first-order valence-corrected chi connectivity index (χ1v) is 6.50. The summed E-state index contributed by atoms with van der Waals surface area (Å²) in [4.78, 5) is 13.4. The van der Waals surface area contributed by atoms with E-state index in [1.54, 1.807) is 17.0 Å². The molecule has 2 rings (SSSR count). The van der Waals surface area contributed by atoms with E-state index in [-0.39, 0.29) is 12.9 Å². The SMILES string of the molecule is CCN(CC)C(=O)Oc1cc2c(cc1Br)OCO2. The van der Waals surface area contributed by atoms with Crippen LogP contribution in [-0.2, 0) is 0 Å². The minimum absolute atomic E-state index is 0.190. The second kappa shape index (κ2) is 5.48. The molecule has 1 aromatic carbocycles. The van der Waals surface area contributed by atoms with Crippen molar-refractivity contribution in [3.8, 4) is 17.2 Å². The van der Waals surface area contributed by atoms with Crippen LogP contribution in [0.15, 0.2) is 16.6 Å². The average Bonchev–Trinajstić information content (AvgIpc) is 2.78. The van der Waals surface area contributed by atoms with Gasteiger partial charge in [0.25, 0.3) is 0 Å². The highest BCUT2D eigenvalue weighted by Gasteiger charge is 2.20. The molecule has 18 heavy (non-hydrogen) atoms. The second-order valence-electron chi connectivity index (χ2n) is 3.68. The molecule has 0 N–H and O–H groups in total. The van der Waals surface area contributed by atoms with E-state index in [4.69, 9.17) is 14.2 Å². The van der Waals surface area contributed by atoms with Crippen molar-refractivity contribution in [3.63, 3.8) is 0 Å². The summed E-state index contributed by atoms with van der Waals surface area (Å²) in [5.74, 6) is 1.65. The van der Waals surface area contributed by atoms with Gasteiger partial charge in [0, 0.05) is 25.2 Å². The number of rotatable bonds is 3. The normalized spacial score (nSPS) is 12.4. The third-order valence-corrected chi connectivity index (χ3v) is 3.27. The lowest BCUT2D eigenvalue weighted by atomic mass is 10.3. The predicted molar refractivity (Wildman–Crippen MR) is 69.2 cm³/mol. The van der Waals surface area contributed by atoms with Gasteiger partial charge >= 0.3 is 6.09 Å². The van der Waals surface area contributed by atoms with E-state index in [0.717, 1.165) is 0 Å². The van der Waals surface area contributed by atoms with Crippen molar-refractivity contribution < 1.29 is 19.0 Å². The van der Waals surface area contributed by atoms with Crippen LogP contribution in [0.2, 0.25) is 0 Å². The fraction of sp³-hybridized carbons (Fsp3) is 0.417. The van der Waals surface area contributed by atoms with E-state index in [1.807, 2.05) is 13.8 Å². The minimum atomic E-state index is -0.375. The molecule has 6 heteroatoms. The topological polar surface area (TPSA) is 48.0 Å². The van der Waals surface area contributed by atoms with Crippen LogP contribution in [0.5, 0.6) is 17.2 Å². The summed E-state index contributed by atoms with van der Waals surface area (Å²) in [5, 5.41) is 0. The Labute approximate surface area is 114 Å². The molecule has 1 heterocycles. The van der Waals surface area contributed by atoms with Crippen LogP contribution in [0.1, 0.15) is 13.8 Å². The molecule has 1 aromatic rings. The van der Waals surface area contributed by atoms with Gasteiger partial charge in [-0.3, -0.25) is 0 Å². The van der Waals surface area contributed by atoms with Crippen molar-refractivity contribution in [2.45, 2.75) is 13.8 Å². The lowest BCUT2D eigenvalue weighted by Gasteiger charge is -2.18. The van der Waals surface area contributed by atoms with Gasteiger partial charge in [-0.15, -0.1) is 0 Å². The number of hydrogen-bond acceptors (Lipinski definition) is 4. The molecule has 5 nitrogen and oxygen atoms in total. The summed E-state index contributed by atoms with van der Waals surface area (Å²) in [6.07, 6.45) is -0.375. The number of nitrogens with zero attached hydrogens (tertiary/aromatic N) is 1. The number of amides is 1. The molecule has 0 bridgehead atoms. The molecule has 1 amide bonds. The van der Waals surface area contributed by atoms with E-state index in [2.05, 4.69) is 15.9 Å². The number of carbonyl (C=O) groups is 1. The van der Waals surface area contributed by atoms with Crippen LogP contribution in [0, 0.1) is 0 Å². The molecule has 0 aromatic heterocycles. The molecule has 0 saturated heterocycles. The lowest BCUT2D eigenvalue weighted by molar-refractivity contribution is 0.156. The Morgan fingerprint density at radius 1 is 1.33 bits per heavy atom. The first-order valence-electron chi connectivity index (χ1n) is 5.71. The minimum Gasteiger partial charge on any atom is -0.454 e. The fourth-order valence-corrected chi connectivity index (χ4v) is 2.02. The highest BCUT2D eigenvalue weighted by Crippen LogP contribution is 2.40. The zero-order valence-corrected chi connectivity index (χ0v) is 11.8. The molecule has 0 atom stereocenters. The highest BCUT2D eigenvalue weighted by molar-refractivity contribution is 9.10. The smallest absolute Gasteiger partial charge is 0.415 e. The van der Waals surface area contributed by atoms with Crippen LogP contribution in [0.3, 0.4) is 0 Å². The summed E-state index contributed by atoms with van der Waals surface area (Å²) in [6, 6.07) is 3.38. The molecular weight excluding hydrogens is 302 g/mol. The zero-order valence-electron chi connectivity index (χ0n) is 10.2. The van der Waals surface area contributed by atoms with Gasteiger partial charge in [0.1, 0.15) is 0 Å². The van der Waals surface area contributed by atoms with Gasteiger partial charge in [-0.05, 0) is 29.8 Å². The van der Waals surface area contributed by atoms with Gasteiger partial charge in [-0.25, -0.2) is 4.79 Å². The molecule has 0 aliphatic carbocycles. The van der Waals surface area contributed by atoms with Gasteiger partial charge < -0.3 is 19.1 Å². The van der Waals surface area contributed by atoms with E-state index >= 15 is 0 Å². The molecule has 0 unspecified atom stereocenters. The van der Waals surface area contributed by atoms with E-state index in [1.165, 1.54) is 0 Å². The van der Waals surface area contributed by atoms with Gasteiger partial charge in [-0.1, -0.05) is 0 Å². The van der Waals surface area contributed by atoms with Crippen LogP contribution in [0.4, 0.5) is 4.79 Å². The zero-order chi connectivity index (χ0) is 13.1.